The fourth-order valence-electron chi connectivity index (χ4n) is 2.24. The van der Waals surface area contributed by atoms with Gasteiger partial charge >= 0.3 is 0 Å². The predicted octanol–water partition coefficient (Wildman–Crippen LogP) is 1.84. The highest BCUT2D eigenvalue weighted by Crippen LogP contribution is 2.16. The Balaban J connectivity index is 2.01. The van der Waals surface area contributed by atoms with Crippen molar-refractivity contribution in [1.29, 1.82) is 5.26 Å². The number of hydrogen-bond donors (Lipinski definition) is 3. The molecule has 2 rings (SSSR count). The number of carbonyl (C=O) groups is 2. The molecule has 9 heteroatoms. The van der Waals surface area contributed by atoms with Crippen LogP contribution in [0.1, 0.15) is 22.3 Å². The molecule has 0 radical (unpaired) electrons. The van der Waals surface area contributed by atoms with Gasteiger partial charge in [0.25, 0.3) is 5.91 Å². The zero-order chi connectivity index (χ0) is 19.9. The molecule has 0 saturated carbocycles. The molecule has 0 spiro atoms. The quantitative estimate of drug-likeness (QED) is 0.669. The highest BCUT2D eigenvalue weighted by atomic mass is 32.2. The molecule has 2 aromatic carbocycles. The van der Waals surface area contributed by atoms with Crippen LogP contribution in [-0.4, -0.2) is 26.5 Å². The number of nitrogens with zero attached hydrogens (tertiary/aromatic N) is 1. The van der Waals surface area contributed by atoms with Gasteiger partial charge in [-0.05, 0) is 35.9 Å². The van der Waals surface area contributed by atoms with Gasteiger partial charge in [0, 0.05) is 23.5 Å². The summed E-state index contributed by atoms with van der Waals surface area (Å²) in [6.45, 7) is 0.172. The van der Waals surface area contributed by atoms with Gasteiger partial charge in [0.05, 0.1) is 12.3 Å². The Labute approximate surface area is 157 Å². The van der Waals surface area contributed by atoms with Gasteiger partial charge in [-0.2, -0.15) is 5.26 Å². The molecule has 0 aliphatic carbocycles. The van der Waals surface area contributed by atoms with Crippen LogP contribution in [0.5, 0.6) is 0 Å². The third-order valence-corrected chi connectivity index (χ3v) is 4.03. The molecule has 140 valence electrons. The van der Waals surface area contributed by atoms with Gasteiger partial charge in [0.15, 0.2) is 0 Å². The van der Waals surface area contributed by atoms with Crippen molar-refractivity contribution in [2.45, 2.75) is 13.0 Å². The van der Waals surface area contributed by atoms with E-state index in [2.05, 4.69) is 15.4 Å². The van der Waals surface area contributed by atoms with E-state index in [0.717, 1.165) is 6.26 Å². The Bertz CT molecular complexity index is 979. The summed E-state index contributed by atoms with van der Waals surface area (Å²) in [6, 6.07) is 14.7. The number of anilines is 2. The maximum Gasteiger partial charge on any atom is 0.251 e. The Hall–Kier alpha value is -3.38. The second-order valence-electron chi connectivity index (χ2n) is 5.67. The molecule has 27 heavy (non-hydrogen) atoms. The van der Waals surface area contributed by atoms with E-state index < -0.39 is 15.9 Å². The van der Waals surface area contributed by atoms with E-state index >= 15 is 0 Å². The summed E-state index contributed by atoms with van der Waals surface area (Å²) in [4.78, 5) is 23.9. The minimum absolute atomic E-state index is 0.172. The summed E-state index contributed by atoms with van der Waals surface area (Å²) in [5.41, 5.74) is 1.93. The molecule has 2 amide bonds. The first-order valence-corrected chi connectivity index (χ1v) is 9.78. The van der Waals surface area contributed by atoms with Crippen molar-refractivity contribution in [2.24, 2.45) is 0 Å². The second-order valence-corrected chi connectivity index (χ2v) is 7.42. The molecular weight excluding hydrogens is 368 g/mol. The van der Waals surface area contributed by atoms with Gasteiger partial charge in [-0.1, -0.05) is 18.2 Å². The second kappa shape index (κ2) is 8.82. The number of carbonyl (C=O) groups excluding carboxylic acids is 2. The fraction of sp³-hybridized carbons (Fsp3) is 0.167. The van der Waals surface area contributed by atoms with E-state index in [1.54, 1.807) is 30.3 Å². The van der Waals surface area contributed by atoms with Gasteiger partial charge < -0.3 is 10.6 Å². The van der Waals surface area contributed by atoms with Crippen molar-refractivity contribution in [2.75, 3.05) is 16.3 Å². The van der Waals surface area contributed by atoms with Crippen molar-refractivity contribution in [3.63, 3.8) is 0 Å². The molecule has 0 fully saturated rings. The monoisotopic (exact) mass is 386 g/mol. The van der Waals surface area contributed by atoms with Gasteiger partial charge in [0.1, 0.15) is 6.42 Å². The van der Waals surface area contributed by atoms with Gasteiger partial charge in [-0.15, -0.1) is 0 Å². The Kier molecular flexibility index (Phi) is 6.51. The van der Waals surface area contributed by atoms with E-state index in [4.69, 9.17) is 5.26 Å². The lowest BCUT2D eigenvalue weighted by Crippen LogP contribution is -2.24. The van der Waals surface area contributed by atoms with Crippen LogP contribution >= 0.6 is 0 Å². The third-order valence-electron chi connectivity index (χ3n) is 3.42. The first-order chi connectivity index (χ1) is 12.8. The predicted molar refractivity (Wildman–Crippen MR) is 101 cm³/mol. The number of amides is 2. The third kappa shape index (κ3) is 6.45. The molecular formula is C18H18N4O4S. The summed E-state index contributed by atoms with van der Waals surface area (Å²) >= 11 is 0. The van der Waals surface area contributed by atoms with Crippen LogP contribution in [0.15, 0.2) is 48.5 Å². The molecule has 0 bridgehead atoms. The van der Waals surface area contributed by atoms with Crippen LogP contribution in [0, 0.1) is 11.3 Å². The number of hydrogen-bond acceptors (Lipinski definition) is 5. The average Bonchev–Trinajstić information content (AvgIpc) is 2.60. The molecule has 0 unspecified atom stereocenters. The summed E-state index contributed by atoms with van der Waals surface area (Å²) < 4.78 is 24.7. The van der Waals surface area contributed by atoms with Crippen molar-refractivity contribution in [3.8, 4) is 6.07 Å². The molecule has 3 N–H and O–H groups in total. The summed E-state index contributed by atoms with van der Waals surface area (Å²) in [5.74, 6) is -0.774. The zero-order valence-corrected chi connectivity index (χ0v) is 15.3. The van der Waals surface area contributed by atoms with E-state index in [9.17, 15) is 18.0 Å². The standard InChI is InChI=1S/C18H18N4O4S/c1-27(25,26)22-15-8-6-13(7-9-15)18(24)20-12-14-4-2-3-5-16(14)21-17(23)10-11-19/h2-9,22H,10,12H2,1H3,(H,20,24)(H,21,23). The van der Waals surface area contributed by atoms with Crippen LogP contribution < -0.4 is 15.4 Å². The Morgan fingerprint density at radius 1 is 1.07 bits per heavy atom. The first kappa shape index (κ1) is 19.9. The molecule has 2 aromatic rings. The molecule has 0 heterocycles. The van der Waals surface area contributed by atoms with E-state index in [1.165, 1.54) is 24.3 Å². The minimum Gasteiger partial charge on any atom is -0.348 e. The number of sulfonamides is 1. The zero-order valence-electron chi connectivity index (χ0n) is 14.5. The Morgan fingerprint density at radius 2 is 1.74 bits per heavy atom. The fourth-order valence-corrected chi connectivity index (χ4v) is 2.81. The van der Waals surface area contributed by atoms with Crippen LogP contribution in [0.25, 0.3) is 0 Å². The average molecular weight is 386 g/mol. The largest absolute Gasteiger partial charge is 0.348 e. The van der Waals surface area contributed by atoms with Crippen LogP contribution in [0.2, 0.25) is 0 Å². The van der Waals surface area contributed by atoms with Gasteiger partial charge in [-0.3, -0.25) is 14.3 Å². The summed E-state index contributed by atoms with van der Waals surface area (Å²) in [7, 11) is -3.38. The van der Waals surface area contributed by atoms with E-state index in [1.807, 2.05) is 0 Å². The summed E-state index contributed by atoms with van der Waals surface area (Å²) in [5, 5.41) is 13.9. The van der Waals surface area contributed by atoms with Gasteiger partial charge in [-0.25, -0.2) is 8.42 Å². The van der Waals surface area contributed by atoms with Crippen molar-refractivity contribution in [3.05, 3.63) is 59.7 Å². The SMILES string of the molecule is CS(=O)(=O)Nc1ccc(C(=O)NCc2ccccc2NC(=O)CC#N)cc1. The highest BCUT2D eigenvalue weighted by molar-refractivity contribution is 7.92. The van der Waals surface area contributed by atoms with E-state index in [0.29, 0.717) is 22.5 Å². The van der Waals surface area contributed by atoms with Crippen molar-refractivity contribution in [1.82, 2.24) is 5.32 Å². The first-order valence-electron chi connectivity index (χ1n) is 7.89. The topological polar surface area (TPSA) is 128 Å². The maximum absolute atomic E-state index is 12.3. The van der Waals surface area contributed by atoms with Gasteiger partial charge in [0.2, 0.25) is 15.9 Å². The molecule has 0 atom stereocenters. The maximum atomic E-state index is 12.3. The molecule has 8 nitrogen and oxygen atoms in total. The van der Waals surface area contributed by atoms with Crippen LogP contribution in [-0.2, 0) is 21.4 Å². The smallest absolute Gasteiger partial charge is 0.251 e. The minimum atomic E-state index is -3.38. The molecule has 0 aromatic heterocycles. The van der Waals surface area contributed by atoms with Crippen molar-refractivity contribution < 1.29 is 18.0 Å². The normalized spacial score (nSPS) is 10.5. The lowest BCUT2D eigenvalue weighted by atomic mass is 10.1. The highest BCUT2D eigenvalue weighted by Gasteiger charge is 2.10. The lowest BCUT2D eigenvalue weighted by Gasteiger charge is -2.11. The molecule has 0 saturated heterocycles. The van der Waals surface area contributed by atoms with E-state index in [-0.39, 0.29) is 18.9 Å². The Morgan fingerprint density at radius 3 is 2.37 bits per heavy atom. The number of benzene rings is 2. The van der Waals surface area contributed by atoms with Crippen molar-refractivity contribution >= 4 is 33.2 Å². The number of para-hydroxylation sites is 1. The lowest BCUT2D eigenvalue weighted by molar-refractivity contribution is -0.115. The summed E-state index contributed by atoms with van der Waals surface area (Å²) in [6.07, 6.45) is 0.787. The number of rotatable bonds is 7. The molecule has 0 aliphatic heterocycles. The number of nitrogens with one attached hydrogen (secondary N) is 3. The van der Waals surface area contributed by atoms with Crippen LogP contribution in [0.3, 0.4) is 0 Å². The van der Waals surface area contributed by atoms with Crippen LogP contribution in [0.4, 0.5) is 11.4 Å². The number of nitriles is 1. The molecule has 0 aliphatic rings.